The second kappa shape index (κ2) is 4.50. The highest BCUT2D eigenvalue weighted by Gasteiger charge is 2.04. The van der Waals surface area contributed by atoms with E-state index in [1.165, 1.54) is 13.0 Å². The number of carbonyl (C=O) groups is 1. The molecule has 0 aliphatic rings. The molecular formula is C7H11BrO2. The van der Waals surface area contributed by atoms with E-state index in [1.54, 1.807) is 7.11 Å². The molecule has 0 spiro atoms. The van der Waals surface area contributed by atoms with E-state index in [4.69, 9.17) is 4.74 Å². The molecule has 0 fully saturated rings. The maximum atomic E-state index is 10.5. The van der Waals surface area contributed by atoms with Gasteiger partial charge in [-0.3, -0.25) is 4.79 Å². The lowest BCUT2D eigenvalue weighted by atomic mass is 10.3. The molecule has 10 heavy (non-hydrogen) atoms. The van der Waals surface area contributed by atoms with Crippen molar-refractivity contribution in [3.8, 4) is 0 Å². The third kappa shape index (κ3) is 3.67. The van der Waals surface area contributed by atoms with E-state index in [1.807, 2.05) is 6.92 Å². The first kappa shape index (κ1) is 9.69. The van der Waals surface area contributed by atoms with Gasteiger partial charge in [0.2, 0.25) is 0 Å². The minimum atomic E-state index is 0.00292. The van der Waals surface area contributed by atoms with Gasteiger partial charge in [-0.2, -0.15) is 0 Å². The topological polar surface area (TPSA) is 26.3 Å². The van der Waals surface area contributed by atoms with Crippen molar-refractivity contribution in [1.82, 2.24) is 0 Å². The summed E-state index contributed by atoms with van der Waals surface area (Å²) in [5.41, 5.74) is 0. The number of rotatable bonds is 3. The molecule has 3 heteroatoms. The summed E-state index contributed by atoms with van der Waals surface area (Å²) in [5.74, 6) is 0.663. The predicted molar refractivity (Wildman–Crippen MR) is 44.2 cm³/mol. The Balaban J connectivity index is 4.18. The molecule has 0 heterocycles. The van der Waals surface area contributed by atoms with Crippen LogP contribution in [0.4, 0.5) is 0 Å². The van der Waals surface area contributed by atoms with Crippen LogP contribution in [-0.4, -0.2) is 17.7 Å². The van der Waals surface area contributed by atoms with Gasteiger partial charge in [0, 0.05) is 6.08 Å². The van der Waals surface area contributed by atoms with Crippen molar-refractivity contribution in [3.05, 3.63) is 11.8 Å². The zero-order valence-corrected chi connectivity index (χ0v) is 7.94. The number of allylic oxidation sites excluding steroid dienone is 2. The molecule has 0 rings (SSSR count). The monoisotopic (exact) mass is 206 g/mol. The van der Waals surface area contributed by atoms with Gasteiger partial charge in [0.1, 0.15) is 5.76 Å². The molecule has 0 aliphatic heterocycles. The fourth-order valence-electron chi connectivity index (χ4n) is 0.536. The van der Waals surface area contributed by atoms with Crippen LogP contribution in [-0.2, 0) is 9.53 Å². The molecule has 0 aromatic heterocycles. The summed E-state index contributed by atoms with van der Waals surface area (Å²) in [6.07, 6.45) is 1.47. The van der Waals surface area contributed by atoms with E-state index in [9.17, 15) is 4.79 Å². The molecule has 0 saturated carbocycles. The van der Waals surface area contributed by atoms with E-state index >= 15 is 0 Å². The maximum Gasteiger partial charge on any atom is 0.155 e. The minimum absolute atomic E-state index is 0.00292. The highest BCUT2D eigenvalue weighted by Crippen LogP contribution is 2.11. The van der Waals surface area contributed by atoms with Crippen molar-refractivity contribution < 1.29 is 9.53 Å². The quantitative estimate of drug-likeness (QED) is 0.401. The lowest BCUT2D eigenvalue weighted by Gasteiger charge is -2.06. The second-order valence-electron chi connectivity index (χ2n) is 1.98. The number of hydrogen-bond donors (Lipinski definition) is 0. The Hall–Kier alpha value is -0.310. The normalized spacial score (nSPS) is 14.6. The van der Waals surface area contributed by atoms with E-state index in [2.05, 4.69) is 15.9 Å². The van der Waals surface area contributed by atoms with Crippen molar-refractivity contribution in [2.45, 2.75) is 18.7 Å². The number of halogens is 1. The molecule has 0 aliphatic carbocycles. The van der Waals surface area contributed by atoms with Crippen LogP contribution in [0, 0.1) is 0 Å². The van der Waals surface area contributed by atoms with Crippen LogP contribution >= 0.6 is 15.9 Å². The van der Waals surface area contributed by atoms with Gasteiger partial charge in [0.05, 0.1) is 11.9 Å². The first-order valence-corrected chi connectivity index (χ1v) is 3.89. The molecule has 0 N–H and O–H groups in total. The summed E-state index contributed by atoms with van der Waals surface area (Å²) in [7, 11) is 1.55. The summed E-state index contributed by atoms with van der Waals surface area (Å²) in [5, 5.41) is 0. The van der Waals surface area contributed by atoms with Crippen LogP contribution in [0.2, 0.25) is 0 Å². The maximum absolute atomic E-state index is 10.5. The molecule has 0 saturated heterocycles. The predicted octanol–water partition coefficient (Wildman–Crippen LogP) is 1.89. The molecule has 1 atom stereocenters. The Bertz CT molecular complexity index is 150. The van der Waals surface area contributed by atoms with Crippen LogP contribution in [0.15, 0.2) is 11.8 Å². The largest absolute Gasteiger partial charge is 0.500 e. The summed E-state index contributed by atoms with van der Waals surface area (Å²) in [6, 6.07) is 0. The van der Waals surface area contributed by atoms with Gasteiger partial charge in [-0.05, 0) is 13.8 Å². The van der Waals surface area contributed by atoms with E-state index in [0.717, 1.165) is 0 Å². The van der Waals surface area contributed by atoms with Gasteiger partial charge in [-0.25, -0.2) is 0 Å². The van der Waals surface area contributed by atoms with Crippen molar-refractivity contribution >= 4 is 21.7 Å². The fourth-order valence-corrected chi connectivity index (χ4v) is 0.856. The standard InChI is InChI=1S/C7H11BrO2/c1-5(9)4-7(10-3)6(2)8/h4,6H,1-3H3/b7-4+. The lowest BCUT2D eigenvalue weighted by molar-refractivity contribution is -0.112. The van der Waals surface area contributed by atoms with Crippen molar-refractivity contribution in [2.75, 3.05) is 7.11 Å². The van der Waals surface area contributed by atoms with Crippen LogP contribution in [0.5, 0.6) is 0 Å². The molecule has 1 unspecified atom stereocenters. The van der Waals surface area contributed by atoms with Crippen molar-refractivity contribution in [3.63, 3.8) is 0 Å². The Morgan fingerprint density at radius 3 is 2.30 bits per heavy atom. The van der Waals surface area contributed by atoms with Gasteiger partial charge in [0.25, 0.3) is 0 Å². The lowest BCUT2D eigenvalue weighted by Crippen LogP contribution is -2.01. The average Bonchev–Trinajstić information content (AvgIpc) is 1.81. The highest BCUT2D eigenvalue weighted by molar-refractivity contribution is 9.09. The number of carbonyl (C=O) groups excluding carboxylic acids is 1. The molecule has 58 valence electrons. The average molecular weight is 207 g/mol. The number of alkyl halides is 1. The number of hydrogen-bond acceptors (Lipinski definition) is 2. The van der Waals surface area contributed by atoms with Gasteiger partial charge in [-0.15, -0.1) is 0 Å². The van der Waals surface area contributed by atoms with Crippen LogP contribution < -0.4 is 0 Å². The van der Waals surface area contributed by atoms with Gasteiger partial charge in [0.15, 0.2) is 5.78 Å². The van der Waals surface area contributed by atoms with Crippen molar-refractivity contribution in [2.24, 2.45) is 0 Å². The zero-order valence-electron chi connectivity index (χ0n) is 6.35. The molecule has 0 radical (unpaired) electrons. The molecule has 0 aromatic rings. The summed E-state index contributed by atoms with van der Waals surface area (Å²) >= 11 is 3.28. The van der Waals surface area contributed by atoms with E-state index in [0.29, 0.717) is 5.76 Å². The molecule has 0 aromatic carbocycles. The van der Waals surface area contributed by atoms with E-state index < -0.39 is 0 Å². The summed E-state index contributed by atoms with van der Waals surface area (Å²) in [6.45, 7) is 3.40. The van der Waals surface area contributed by atoms with Gasteiger partial charge >= 0.3 is 0 Å². The minimum Gasteiger partial charge on any atom is -0.500 e. The Kier molecular flexibility index (Phi) is 4.36. The number of ether oxygens (including phenoxy) is 1. The molecule has 0 amide bonds. The SMILES string of the molecule is CO/C(=C/C(C)=O)C(C)Br. The van der Waals surface area contributed by atoms with Gasteiger partial charge < -0.3 is 4.74 Å². The summed E-state index contributed by atoms with van der Waals surface area (Å²) < 4.78 is 4.92. The van der Waals surface area contributed by atoms with Crippen LogP contribution in [0.25, 0.3) is 0 Å². The number of methoxy groups -OCH3 is 1. The molecule has 0 bridgehead atoms. The molecule has 2 nitrogen and oxygen atoms in total. The Morgan fingerprint density at radius 1 is 1.70 bits per heavy atom. The third-order valence-electron chi connectivity index (χ3n) is 0.973. The van der Waals surface area contributed by atoms with Crippen LogP contribution in [0.1, 0.15) is 13.8 Å². The fraction of sp³-hybridized carbons (Fsp3) is 0.571. The first-order chi connectivity index (χ1) is 4.57. The van der Waals surface area contributed by atoms with Crippen LogP contribution in [0.3, 0.4) is 0 Å². The van der Waals surface area contributed by atoms with Crippen molar-refractivity contribution in [1.29, 1.82) is 0 Å². The zero-order chi connectivity index (χ0) is 8.15. The number of ketones is 1. The Morgan fingerprint density at radius 2 is 2.20 bits per heavy atom. The Labute approximate surface area is 69.4 Å². The second-order valence-corrected chi connectivity index (χ2v) is 3.35. The highest BCUT2D eigenvalue weighted by atomic mass is 79.9. The third-order valence-corrected chi connectivity index (χ3v) is 1.42. The molecular weight excluding hydrogens is 196 g/mol. The van der Waals surface area contributed by atoms with E-state index in [-0.39, 0.29) is 10.6 Å². The first-order valence-electron chi connectivity index (χ1n) is 2.98. The smallest absolute Gasteiger partial charge is 0.155 e. The van der Waals surface area contributed by atoms with Gasteiger partial charge in [-0.1, -0.05) is 15.9 Å². The summed E-state index contributed by atoms with van der Waals surface area (Å²) in [4.78, 5) is 10.6.